The molecule has 11 nitrogen and oxygen atoms in total. The third kappa shape index (κ3) is 11.3. The van der Waals surface area contributed by atoms with Crippen LogP contribution in [0.1, 0.15) is 27.8 Å². The standard InChI is InChI=1S/C52H30F3N3.C36H18N8/c1-33-2-14-39(15-3-33)52-51(40-19-24-45(54)25-20-40)57-48-26-13-37(29-49(48)58-52)11-9-35-6-4-34(5-7-35)8-10-36-12-16-41-30-46(38-17-22-44(53)23-18-38)47(31-43(41)28-36)42-21-27-50(55)56-32-42;1-5-21-29(37-13-1)31-23(7-3-15-39-31)35-33(21)41-25-11-9-19(17-27(25)43-35)20-10-12-26-28(18-20)44-36-24-8-4-16-40-32(24)30-22(34(36)42-26)6-2-14-38-30/h2-7,12-32H,1H3;1-18H. The monoisotopic (exact) mass is 1320 g/mol. The number of hydrogen-bond donors (Lipinski definition) is 0. The van der Waals surface area contributed by atoms with Crippen LogP contribution in [0.3, 0.4) is 0 Å². The highest BCUT2D eigenvalue weighted by molar-refractivity contribution is 6.22. The summed E-state index contributed by atoms with van der Waals surface area (Å²) < 4.78 is 41.2. The molecule has 0 aliphatic rings. The van der Waals surface area contributed by atoms with E-state index >= 15 is 0 Å². The van der Waals surface area contributed by atoms with Crippen molar-refractivity contribution in [2.45, 2.75) is 6.92 Å². The summed E-state index contributed by atoms with van der Waals surface area (Å²) in [5, 5.41) is 5.71. The van der Waals surface area contributed by atoms with Crippen molar-refractivity contribution >= 4 is 110 Å². The highest BCUT2D eigenvalue weighted by Gasteiger charge is 2.19. The van der Waals surface area contributed by atoms with Gasteiger partial charge < -0.3 is 0 Å². The Balaban J connectivity index is 0.000000151. The molecular weight excluding hydrogens is 1270 g/mol. The molecule has 102 heavy (non-hydrogen) atoms. The third-order valence-electron chi connectivity index (χ3n) is 18.2. The first-order valence-electron chi connectivity index (χ1n) is 32.8. The second kappa shape index (κ2) is 25.1. The van der Waals surface area contributed by atoms with E-state index in [-0.39, 0.29) is 11.6 Å². The molecule has 0 spiro atoms. The van der Waals surface area contributed by atoms with Gasteiger partial charge in [-0.05, 0) is 234 Å². The van der Waals surface area contributed by atoms with Crippen molar-refractivity contribution in [1.82, 2.24) is 54.8 Å². The molecule has 19 aromatic rings. The summed E-state index contributed by atoms with van der Waals surface area (Å²) >= 11 is 0. The van der Waals surface area contributed by atoms with Crippen LogP contribution in [0.15, 0.2) is 274 Å². The molecule has 0 aliphatic carbocycles. The largest absolute Gasteiger partial charge is 0.254 e. The summed E-state index contributed by atoms with van der Waals surface area (Å²) in [4.78, 5) is 52.8. The van der Waals surface area contributed by atoms with Crippen molar-refractivity contribution < 1.29 is 13.2 Å². The smallest absolute Gasteiger partial charge is 0.212 e. The topological polar surface area (TPSA) is 142 Å². The van der Waals surface area contributed by atoms with Crippen LogP contribution in [0.5, 0.6) is 0 Å². The molecule has 0 unspecified atom stereocenters. The fourth-order valence-electron chi connectivity index (χ4n) is 13.2. The molecule has 0 amide bonds. The number of pyridine rings is 5. The summed E-state index contributed by atoms with van der Waals surface area (Å²) in [6.45, 7) is 2.04. The van der Waals surface area contributed by atoms with E-state index in [2.05, 4.69) is 78.9 Å². The number of fused-ring (bicyclic) bond motifs is 16. The molecule has 8 aromatic heterocycles. The molecule has 0 aliphatic heterocycles. The summed E-state index contributed by atoms with van der Waals surface area (Å²) in [5.41, 5.74) is 24.2. The molecule has 14 heteroatoms. The number of aryl methyl sites for hydroxylation is 1. The maximum absolute atomic E-state index is 13.8. The maximum Gasteiger partial charge on any atom is 0.212 e. The van der Waals surface area contributed by atoms with Gasteiger partial charge in [0.1, 0.15) is 11.6 Å². The van der Waals surface area contributed by atoms with Gasteiger partial charge in [-0.15, -0.1) is 0 Å². The van der Waals surface area contributed by atoms with Crippen molar-refractivity contribution in [2.24, 2.45) is 0 Å². The second-order valence-corrected chi connectivity index (χ2v) is 24.8. The van der Waals surface area contributed by atoms with Gasteiger partial charge in [0.2, 0.25) is 5.95 Å². The molecule has 0 bridgehead atoms. The number of nitrogens with zero attached hydrogens (tertiary/aromatic N) is 11. The van der Waals surface area contributed by atoms with E-state index in [1.165, 1.54) is 36.5 Å². The van der Waals surface area contributed by atoms with Gasteiger partial charge in [-0.3, -0.25) is 19.9 Å². The third-order valence-corrected chi connectivity index (χ3v) is 18.2. The Kier molecular flexibility index (Phi) is 14.8. The number of benzene rings is 11. The van der Waals surface area contributed by atoms with E-state index in [1.54, 1.807) is 55.1 Å². The van der Waals surface area contributed by atoms with Gasteiger partial charge in [-0.1, -0.05) is 83.8 Å². The molecule has 0 atom stereocenters. The summed E-state index contributed by atoms with van der Waals surface area (Å²) in [7, 11) is 0. The molecule has 0 saturated heterocycles. The van der Waals surface area contributed by atoms with E-state index in [9.17, 15) is 13.2 Å². The lowest BCUT2D eigenvalue weighted by molar-refractivity contribution is 0.584. The normalized spacial score (nSPS) is 11.4. The van der Waals surface area contributed by atoms with Crippen LogP contribution in [0.2, 0.25) is 0 Å². The fourth-order valence-corrected chi connectivity index (χ4v) is 13.2. The first-order valence-corrected chi connectivity index (χ1v) is 32.8. The number of aromatic nitrogens is 11. The predicted molar refractivity (Wildman–Crippen MR) is 400 cm³/mol. The van der Waals surface area contributed by atoms with Crippen LogP contribution in [-0.4, -0.2) is 54.8 Å². The van der Waals surface area contributed by atoms with Gasteiger partial charge in [-0.25, -0.2) is 43.7 Å². The lowest BCUT2D eigenvalue weighted by Crippen LogP contribution is -1.96. The minimum absolute atomic E-state index is 0.306. The van der Waals surface area contributed by atoms with Crippen LogP contribution < -0.4 is 0 Å². The molecule has 19 rings (SSSR count). The van der Waals surface area contributed by atoms with Crippen molar-refractivity contribution in [1.29, 1.82) is 0 Å². The molecule has 476 valence electrons. The zero-order valence-corrected chi connectivity index (χ0v) is 54.0. The van der Waals surface area contributed by atoms with Crippen molar-refractivity contribution in [3.8, 4) is 79.6 Å². The van der Waals surface area contributed by atoms with Gasteiger partial charge in [0, 0.05) is 91.5 Å². The molecule has 0 saturated carbocycles. The Morgan fingerprint density at radius 1 is 0.265 bits per heavy atom. The first-order chi connectivity index (χ1) is 50.1. The SMILES string of the molecule is Cc1ccc(-c2nc3cc(C#Cc4ccc(C#Cc5ccc6cc(-c7ccc(F)cc7)c(-c7ccc(F)nc7)cc6c5)cc4)ccc3nc2-c2ccc(F)cc2)cc1.c1cnc2c(c1)c1nc3ccc(-c4ccc5nc6c7cccnc7c7ncccc7c6nc5c4)cc3nc1c1cccnc12. The van der Waals surface area contributed by atoms with Gasteiger partial charge >= 0.3 is 0 Å². The van der Waals surface area contributed by atoms with Gasteiger partial charge in [0.05, 0.1) is 88.6 Å². The van der Waals surface area contributed by atoms with Crippen molar-refractivity contribution in [2.75, 3.05) is 0 Å². The fraction of sp³-hybridized carbons (Fsp3) is 0.0114. The number of hydrogen-bond acceptors (Lipinski definition) is 11. The molecular formula is C88H48F3N11. The lowest BCUT2D eigenvalue weighted by Gasteiger charge is -2.13. The summed E-state index contributed by atoms with van der Waals surface area (Å²) in [6.07, 6.45) is 8.67. The van der Waals surface area contributed by atoms with Gasteiger partial charge in [-0.2, -0.15) is 4.39 Å². The second-order valence-electron chi connectivity index (χ2n) is 24.8. The van der Waals surface area contributed by atoms with Crippen LogP contribution in [-0.2, 0) is 0 Å². The zero-order chi connectivity index (χ0) is 68.4. The van der Waals surface area contributed by atoms with E-state index in [1.807, 2.05) is 159 Å². The van der Waals surface area contributed by atoms with Gasteiger partial charge in [0.15, 0.2) is 0 Å². The van der Waals surface area contributed by atoms with E-state index in [4.69, 9.17) is 29.9 Å². The number of halogens is 3. The lowest BCUT2D eigenvalue weighted by atomic mass is 9.91. The number of rotatable bonds is 5. The van der Waals surface area contributed by atoms with E-state index in [0.29, 0.717) is 16.9 Å². The molecule has 0 radical (unpaired) electrons. The minimum atomic E-state index is -0.557. The van der Waals surface area contributed by atoms with Crippen LogP contribution in [0.4, 0.5) is 13.2 Å². The minimum Gasteiger partial charge on any atom is -0.254 e. The van der Waals surface area contributed by atoms with Gasteiger partial charge in [0.25, 0.3) is 0 Å². The molecule has 11 aromatic carbocycles. The average molecular weight is 1320 g/mol. The highest BCUT2D eigenvalue weighted by Crippen LogP contribution is 2.39. The molecule has 8 heterocycles. The first kappa shape index (κ1) is 60.3. The Morgan fingerprint density at radius 3 is 1.14 bits per heavy atom. The molecule has 0 N–H and O–H groups in total. The Labute approximate surface area is 579 Å². The summed E-state index contributed by atoms with van der Waals surface area (Å²) in [6, 6.07) is 75.7. The Hall–Kier alpha value is -14.1. The van der Waals surface area contributed by atoms with Crippen molar-refractivity contribution in [3.63, 3.8) is 0 Å². The van der Waals surface area contributed by atoms with E-state index in [0.717, 1.165) is 176 Å². The Morgan fingerprint density at radius 2 is 0.637 bits per heavy atom. The van der Waals surface area contributed by atoms with Crippen molar-refractivity contribution in [3.05, 3.63) is 319 Å². The van der Waals surface area contributed by atoms with E-state index < -0.39 is 5.95 Å². The summed E-state index contributed by atoms with van der Waals surface area (Å²) in [5.74, 6) is 11.9. The van der Waals surface area contributed by atoms with Crippen LogP contribution in [0, 0.1) is 48.2 Å². The zero-order valence-electron chi connectivity index (χ0n) is 54.0. The molecule has 0 fully saturated rings. The predicted octanol–water partition coefficient (Wildman–Crippen LogP) is 20.1. The van der Waals surface area contributed by atoms with Crippen LogP contribution >= 0.6 is 0 Å². The average Bonchev–Trinajstić information content (AvgIpc) is 0.730. The Bertz CT molecular complexity index is 6380. The highest BCUT2D eigenvalue weighted by atomic mass is 19.1. The quantitative estimate of drug-likeness (QED) is 0.0703. The maximum atomic E-state index is 13.8. The van der Waals surface area contributed by atoms with Crippen LogP contribution in [0.25, 0.3) is 165 Å².